The Bertz CT molecular complexity index is 1350. The third-order valence-corrected chi connectivity index (χ3v) is 5.02. The Kier molecular flexibility index (Phi) is 5.09. The second-order valence-corrected chi connectivity index (χ2v) is 6.92. The molecular weight excluding hydrogens is 396 g/mol. The van der Waals surface area contributed by atoms with E-state index >= 15 is 0 Å². The molecule has 31 heavy (non-hydrogen) atoms. The van der Waals surface area contributed by atoms with Gasteiger partial charge in [-0.1, -0.05) is 36.4 Å². The van der Waals surface area contributed by atoms with Crippen LogP contribution in [-0.4, -0.2) is 39.3 Å². The normalized spacial score (nSPS) is 10.8. The van der Waals surface area contributed by atoms with Crippen LogP contribution in [-0.2, 0) is 4.74 Å². The number of carbonyl (C=O) groups excluding carboxylic acids is 2. The van der Waals surface area contributed by atoms with Gasteiger partial charge in [-0.15, -0.1) is 0 Å². The summed E-state index contributed by atoms with van der Waals surface area (Å²) in [6.07, 6.45) is 0. The topological polar surface area (TPSA) is 98.0 Å². The number of aromatic carboxylic acids is 1. The Balaban J connectivity index is 1.95. The zero-order valence-corrected chi connectivity index (χ0v) is 16.8. The lowest BCUT2D eigenvalue weighted by Gasteiger charge is -2.06. The molecule has 154 valence electrons. The van der Waals surface area contributed by atoms with Gasteiger partial charge >= 0.3 is 11.9 Å². The van der Waals surface area contributed by atoms with Gasteiger partial charge in [0.1, 0.15) is 0 Å². The molecule has 2 heterocycles. The number of hydrogen-bond donors (Lipinski definition) is 1. The van der Waals surface area contributed by atoms with Crippen LogP contribution in [0.1, 0.15) is 42.6 Å². The zero-order valence-electron chi connectivity index (χ0n) is 16.8. The molecule has 0 spiro atoms. The van der Waals surface area contributed by atoms with Crippen molar-refractivity contribution in [3.63, 3.8) is 0 Å². The van der Waals surface area contributed by atoms with Gasteiger partial charge in [0, 0.05) is 16.8 Å². The average Bonchev–Trinajstić information content (AvgIpc) is 3.19. The summed E-state index contributed by atoms with van der Waals surface area (Å²) in [5.41, 5.74) is 2.89. The summed E-state index contributed by atoms with van der Waals surface area (Å²) in [5, 5.41) is 9.50. The maximum absolute atomic E-state index is 13.4. The lowest BCUT2D eigenvalue weighted by molar-refractivity contribution is 0.0599. The zero-order chi connectivity index (χ0) is 22.1. The summed E-state index contributed by atoms with van der Waals surface area (Å²) >= 11 is 0. The van der Waals surface area contributed by atoms with E-state index in [1.165, 1.54) is 19.2 Å². The Morgan fingerprint density at radius 3 is 2.35 bits per heavy atom. The van der Waals surface area contributed by atoms with Gasteiger partial charge in [-0.2, -0.15) is 0 Å². The average molecular weight is 414 g/mol. The van der Waals surface area contributed by atoms with E-state index in [0.717, 1.165) is 5.69 Å². The second kappa shape index (κ2) is 7.87. The number of rotatable bonds is 5. The molecule has 7 heteroatoms. The summed E-state index contributed by atoms with van der Waals surface area (Å²) in [4.78, 5) is 41.6. The summed E-state index contributed by atoms with van der Waals surface area (Å²) in [6.45, 7) is 1.84. The molecule has 1 N–H and O–H groups in total. The van der Waals surface area contributed by atoms with Crippen LogP contribution in [0.25, 0.3) is 16.8 Å². The summed E-state index contributed by atoms with van der Waals surface area (Å²) in [7, 11) is 1.31. The highest BCUT2D eigenvalue weighted by molar-refractivity contribution is 6.13. The van der Waals surface area contributed by atoms with E-state index in [1.54, 1.807) is 40.8 Å². The number of carboxylic acids is 1. The lowest BCUT2D eigenvalue weighted by Crippen LogP contribution is -2.13. The molecule has 4 aromatic rings. The van der Waals surface area contributed by atoms with Gasteiger partial charge in [-0.25, -0.2) is 14.6 Å². The molecule has 0 saturated heterocycles. The van der Waals surface area contributed by atoms with Gasteiger partial charge in [0.05, 0.1) is 29.4 Å². The molecule has 0 saturated carbocycles. The van der Waals surface area contributed by atoms with Crippen molar-refractivity contribution < 1.29 is 24.2 Å². The number of aryl methyl sites for hydroxylation is 1. The number of carboxylic acid groups (broad SMARTS) is 1. The van der Waals surface area contributed by atoms with Crippen molar-refractivity contribution in [2.24, 2.45) is 0 Å². The van der Waals surface area contributed by atoms with E-state index in [9.17, 15) is 19.5 Å². The predicted octanol–water partition coefficient (Wildman–Crippen LogP) is 4.03. The minimum Gasteiger partial charge on any atom is -0.478 e. The standard InChI is InChI=1S/C24H18N2O5/c1-14-7-5-12-19-20(15-8-6-9-16(13-15)24(30)31-2)25-22(26(14)19)21(27)17-10-3-4-11-18(17)23(28)29/h3-13H,1-2H3,(H,28,29). The largest absolute Gasteiger partial charge is 0.478 e. The highest BCUT2D eigenvalue weighted by Crippen LogP contribution is 2.28. The van der Waals surface area contributed by atoms with Crippen LogP contribution in [0.15, 0.2) is 66.7 Å². The fourth-order valence-corrected chi connectivity index (χ4v) is 3.56. The van der Waals surface area contributed by atoms with E-state index in [0.29, 0.717) is 22.3 Å². The molecule has 7 nitrogen and oxygen atoms in total. The molecule has 0 fully saturated rings. The van der Waals surface area contributed by atoms with Crippen molar-refractivity contribution in [3.8, 4) is 11.3 Å². The number of aromatic nitrogens is 2. The molecule has 0 unspecified atom stereocenters. The first-order valence-electron chi connectivity index (χ1n) is 9.46. The first-order chi connectivity index (χ1) is 14.9. The van der Waals surface area contributed by atoms with Gasteiger partial charge in [-0.05, 0) is 37.3 Å². The predicted molar refractivity (Wildman–Crippen MR) is 114 cm³/mol. The number of ether oxygens (including phenoxy) is 1. The lowest BCUT2D eigenvalue weighted by atomic mass is 10.0. The fraction of sp³-hybridized carbons (Fsp3) is 0.0833. The smallest absolute Gasteiger partial charge is 0.337 e. The highest BCUT2D eigenvalue weighted by Gasteiger charge is 2.24. The Hall–Kier alpha value is -4.26. The number of carbonyl (C=O) groups is 3. The minimum absolute atomic E-state index is 0.0556. The number of hydrogen-bond acceptors (Lipinski definition) is 5. The van der Waals surface area contributed by atoms with Gasteiger partial charge < -0.3 is 9.84 Å². The van der Waals surface area contributed by atoms with Crippen LogP contribution < -0.4 is 0 Å². The van der Waals surface area contributed by atoms with Crippen LogP contribution in [0.3, 0.4) is 0 Å². The van der Waals surface area contributed by atoms with Crippen LogP contribution in [0.4, 0.5) is 0 Å². The van der Waals surface area contributed by atoms with Crippen molar-refractivity contribution in [3.05, 3.63) is 94.9 Å². The molecule has 0 aliphatic rings. The Morgan fingerprint density at radius 1 is 0.935 bits per heavy atom. The third-order valence-electron chi connectivity index (χ3n) is 5.02. The van der Waals surface area contributed by atoms with Crippen molar-refractivity contribution >= 4 is 23.2 Å². The second-order valence-electron chi connectivity index (χ2n) is 6.92. The van der Waals surface area contributed by atoms with E-state index in [4.69, 9.17) is 4.74 Å². The number of benzene rings is 2. The van der Waals surface area contributed by atoms with Gasteiger partial charge in [-0.3, -0.25) is 9.20 Å². The molecule has 2 aromatic carbocycles. The van der Waals surface area contributed by atoms with E-state index in [2.05, 4.69) is 4.98 Å². The summed E-state index contributed by atoms with van der Waals surface area (Å²) in [6, 6.07) is 18.3. The van der Waals surface area contributed by atoms with Gasteiger partial charge in [0.25, 0.3) is 0 Å². The van der Waals surface area contributed by atoms with Crippen LogP contribution >= 0.6 is 0 Å². The first kappa shape index (κ1) is 20.0. The fourth-order valence-electron chi connectivity index (χ4n) is 3.56. The summed E-state index contributed by atoms with van der Waals surface area (Å²) in [5.74, 6) is -2.07. The molecule has 0 aliphatic heterocycles. The van der Waals surface area contributed by atoms with Gasteiger partial charge in [0.15, 0.2) is 5.82 Å². The van der Waals surface area contributed by atoms with Gasteiger partial charge in [0.2, 0.25) is 5.78 Å². The van der Waals surface area contributed by atoms with Crippen LogP contribution in [0, 0.1) is 6.92 Å². The van der Waals surface area contributed by atoms with E-state index in [-0.39, 0.29) is 17.0 Å². The number of nitrogens with zero attached hydrogens (tertiary/aromatic N) is 2. The number of esters is 1. The first-order valence-corrected chi connectivity index (χ1v) is 9.46. The van der Waals surface area contributed by atoms with Crippen LogP contribution in [0.5, 0.6) is 0 Å². The van der Waals surface area contributed by atoms with Crippen molar-refractivity contribution in [1.82, 2.24) is 9.38 Å². The highest BCUT2D eigenvalue weighted by atomic mass is 16.5. The van der Waals surface area contributed by atoms with Crippen molar-refractivity contribution in [2.75, 3.05) is 7.11 Å². The molecular formula is C24H18N2O5. The number of fused-ring (bicyclic) bond motifs is 1. The molecule has 4 rings (SSSR count). The van der Waals surface area contributed by atoms with Crippen molar-refractivity contribution in [2.45, 2.75) is 6.92 Å². The number of imidazole rings is 1. The van der Waals surface area contributed by atoms with E-state index < -0.39 is 17.7 Å². The maximum Gasteiger partial charge on any atom is 0.337 e. The summed E-state index contributed by atoms with van der Waals surface area (Å²) < 4.78 is 6.49. The van der Waals surface area contributed by atoms with E-state index in [1.807, 2.05) is 25.1 Å². The minimum atomic E-state index is -1.19. The van der Waals surface area contributed by atoms with Crippen molar-refractivity contribution in [1.29, 1.82) is 0 Å². The Labute approximate surface area is 177 Å². The maximum atomic E-state index is 13.4. The number of ketones is 1. The number of pyridine rings is 1. The molecule has 0 amide bonds. The molecule has 2 aromatic heterocycles. The third kappa shape index (κ3) is 3.46. The van der Waals surface area contributed by atoms with Crippen LogP contribution in [0.2, 0.25) is 0 Å². The quantitative estimate of drug-likeness (QED) is 0.391. The SMILES string of the molecule is COC(=O)c1cccc(-c2nc(C(=O)c3ccccc3C(=O)O)n3c(C)cccc23)c1. The Morgan fingerprint density at radius 2 is 1.65 bits per heavy atom. The molecule has 0 bridgehead atoms. The molecule has 0 atom stereocenters. The molecule has 0 radical (unpaired) electrons. The molecule has 0 aliphatic carbocycles. The monoisotopic (exact) mass is 414 g/mol. The number of methoxy groups -OCH3 is 1.